The van der Waals surface area contributed by atoms with Crippen LogP contribution in [-0.4, -0.2) is 41.5 Å². The molecule has 0 aliphatic carbocycles. The Bertz CT molecular complexity index is 1110. The van der Waals surface area contributed by atoms with E-state index in [4.69, 9.17) is 21.1 Å². The molecular weight excluding hydrogens is 491 g/mol. The molecule has 0 bridgehead atoms. The van der Waals surface area contributed by atoms with Crippen molar-refractivity contribution < 1.29 is 18.7 Å². The first-order chi connectivity index (χ1) is 15.0. The SMILES string of the molecule is COCCOc1cc2ncnc(Nc3ccc(F)c(Cl)c3)c2cc1NC(=O)C=CCBr. The van der Waals surface area contributed by atoms with Crippen LogP contribution in [0.5, 0.6) is 5.75 Å². The van der Waals surface area contributed by atoms with Crippen molar-refractivity contribution in [2.45, 2.75) is 0 Å². The summed E-state index contributed by atoms with van der Waals surface area (Å²) in [6, 6.07) is 7.69. The van der Waals surface area contributed by atoms with Gasteiger partial charge in [0.05, 0.1) is 22.8 Å². The van der Waals surface area contributed by atoms with Gasteiger partial charge in [-0.1, -0.05) is 33.6 Å². The third-order valence-corrected chi connectivity index (χ3v) is 4.74. The van der Waals surface area contributed by atoms with Gasteiger partial charge in [0.15, 0.2) is 0 Å². The highest BCUT2D eigenvalue weighted by Gasteiger charge is 2.13. The Hall–Kier alpha value is -2.75. The number of halogens is 3. The Morgan fingerprint density at radius 2 is 2.10 bits per heavy atom. The Balaban J connectivity index is 2.00. The van der Waals surface area contributed by atoms with Crippen LogP contribution in [0.25, 0.3) is 10.9 Å². The van der Waals surface area contributed by atoms with Gasteiger partial charge in [0.1, 0.15) is 30.3 Å². The molecule has 10 heteroatoms. The third-order valence-electron chi connectivity index (χ3n) is 4.08. The fourth-order valence-electron chi connectivity index (χ4n) is 2.67. The lowest BCUT2D eigenvalue weighted by molar-refractivity contribution is -0.111. The number of hydrogen-bond donors (Lipinski definition) is 2. The quantitative estimate of drug-likeness (QED) is 0.238. The van der Waals surface area contributed by atoms with Crippen molar-refractivity contribution in [3.05, 3.63) is 59.7 Å². The predicted octanol–water partition coefficient (Wildman–Crippen LogP) is 5.08. The highest BCUT2D eigenvalue weighted by Crippen LogP contribution is 2.34. The van der Waals surface area contributed by atoms with E-state index in [-0.39, 0.29) is 10.9 Å². The van der Waals surface area contributed by atoms with Gasteiger partial charge in [0.25, 0.3) is 0 Å². The number of amides is 1. The zero-order valence-corrected chi connectivity index (χ0v) is 18.8. The van der Waals surface area contributed by atoms with Crippen LogP contribution in [0.1, 0.15) is 0 Å². The van der Waals surface area contributed by atoms with Crippen molar-refractivity contribution in [1.82, 2.24) is 9.97 Å². The number of hydrogen-bond acceptors (Lipinski definition) is 6. The maximum atomic E-state index is 13.5. The Labute approximate surface area is 191 Å². The van der Waals surface area contributed by atoms with Crippen LogP contribution in [0.15, 0.2) is 48.8 Å². The molecule has 1 heterocycles. The van der Waals surface area contributed by atoms with E-state index in [1.54, 1.807) is 31.4 Å². The van der Waals surface area contributed by atoms with Crippen LogP contribution in [0, 0.1) is 5.82 Å². The van der Waals surface area contributed by atoms with Crippen LogP contribution in [0.3, 0.4) is 0 Å². The van der Waals surface area contributed by atoms with E-state index in [1.165, 1.54) is 24.5 Å². The average molecular weight is 510 g/mol. The summed E-state index contributed by atoms with van der Waals surface area (Å²) in [5, 5.41) is 7.08. The molecule has 2 N–H and O–H groups in total. The van der Waals surface area contributed by atoms with Gasteiger partial charge in [-0.25, -0.2) is 14.4 Å². The maximum absolute atomic E-state index is 13.5. The monoisotopic (exact) mass is 508 g/mol. The number of nitrogens with one attached hydrogen (secondary N) is 2. The van der Waals surface area contributed by atoms with Crippen LogP contribution < -0.4 is 15.4 Å². The van der Waals surface area contributed by atoms with Crippen molar-refractivity contribution in [1.29, 1.82) is 0 Å². The summed E-state index contributed by atoms with van der Waals surface area (Å²) in [4.78, 5) is 20.8. The van der Waals surface area contributed by atoms with Gasteiger partial charge in [0, 0.05) is 35.7 Å². The van der Waals surface area contributed by atoms with Gasteiger partial charge in [-0.2, -0.15) is 0 Å². The molecule has 7 nitrogen and oxygen atoms in total. The molecule has 0 saturated carbocycles. The molecule has 0 unspecified atom stereocenters. The first-order valence-electron chi connectivity index (χ1n) is 9.18. The van der Waals surface area contributed by atoms with Crippen molar-refractivity contribution in [2.24, 2.45) is 0 Å². The van der Waals surface area contributed by atoms with Crippen molar-refractivity contribution in [3.8, 4) is 5.75 Å². The predicted molar refractivity (Wildman–Crippen MR) is 123 cm³/mol. The Morgan fingerprint density at radius 1 is 1.26 bits per heavy atom. The highest BCUT2D eigenvalue weighted by atomic mass is 79.9. The van der Waals surface area contributed by atoms with E-state index < -0.39 is 5.82 Å². The van der Waals surface area contributed by atoms with Gasteiger partial charge in [0.2, 0.25) is 5.91 Å². The average Bonchev–Trinajstić information content (AvgIpc) is 2.75. The first-order valence-corrected chi connectivity index (χ1v) is 10.7. The zero-order chi connectivity index (χ0) is 22.2. The zero-order valence-electron chi connectivity index (χ0n) is 16.5. The molecule has 0 fully saturated rings. The Morgan fingerprint density at radius 3 is 2.84 bits per heavy atom. The number of rotatable bonds is 9. The van der Waals surface area contributed by atoms with Crippen LogP contribution in [0.4, 0.5) is 21.6 Å². The second kappa shape index (κ2) is 11.0. The summed E-state index contributed by atoms with van der Waals surface area (Å²) in [5.74, 6) is 0.0773. The van der Waals surface area contributed by atoms with Crippen LogP contribution >= 0.6 is 27.5 Å². The summed E-state index contributed by atoms with van der Waals surface area (Å²) in [5.41, 5.74) is 1.59. The molecule has 31 heavy (non-hydrogen) atoms. The van der Waals surface area contributed by atoms with Gasteiger partial charge in [-0.05, 0) is 24.3 Å². The largest absolute Gasteiger partial charge is 0.489 e. The van der Waals surface area contributed by atoms with Crippen molar-refractivity contribution in [2.75, 3.05) is 36.3 Å². The topological polar surface area (TPSA) is 85.4 Å². The number of aromatic nitrogens is 2. The molecule has 0 radical (unpaired) electrons. The minimum absolute atomic E-state index is 0.0104. The summed E-state index contributed by atoms with van der Waals surface area (Å²) < 4.78 is 24.3. The molecule has 162 valence electrons. The number of carbonyl (C=O) groups is 1. The number of allylic oxidation sites excluding steroid dienone is 1. The van der Waals surface area contributed by atoms with E-state index in [0.717, 1.165) is 0 Å². The lowest BCUT2D eigenvalue weighted by Crippen LogP contribution is -2.12. The fraction of sp³-hybridized carbons (Fsp3) is 0.190. The minimum Gasteiger partial charge on any atom is -0.489 e. The lowest BCUT2D eigenvalue weighted by atomic mass is 10.1. The van der Waals surface area contributed by atoms with Crippen LogP contribution in [-0.2, 0) is 9.53 Å². The van der Waals surface area contributed by atoms with Crippen molar-refractivity contribution >= 4 is 61.5 Å². The van der Waals surface area contributed by atoms with Crippen molar-refractivity contribution in [3.63, 3.8) is 0 Å². The molecule has 1 aromatic heterocycles. The molecule has 3 aromatic rings. The number of carbonyl (C=O) groups excluding carboxylic acids is 1. The van der Waals surface area contributed by atoms with Gasteiger partial charge < -0.3 is 20.1 Å². The van der Waals surface area contributed by atoms with Crippen LogP contribution in [0.2, 0.25) is 5.02 Å². The molecule has 0 aliphatic rings. The molecule has 0 saturated heterocycles. The standard InChI is InChI=1S/C21H19BrClFN4O3/c1-30-7-8-31-19-11-17-14(10-18(19)28-20(29)3-2-6-22)21(26-12-25-17)27-13-4-5-16(24)15(23)9-13/h2-5,9-12H,6-8H2,1H3,(H,28,29)(H,25,26,27). The highest BCUT2D eigenvalue weighted by molar-refractivity contribution is 9.09. The van der Waals surface area contributed by atoms with Gasteiger partial charge >= 0.3 is 0 Å². The summed E-state index contributed by atoms with van der Waals surface area (Å²) in [7, 11) is 1.57. The number of anilines is 3. The fourth-order valence-corrected chi connectivity index (χ4v) is 3.04. The summed E-state index contributed by atoms with van der Waals surface area (Å²) in [6.45, 7) is 0.684. The van der Waals surface area contributed by atoms with E-state index in [1.807, 2.05) is 0 Å². The number of ether oxygens (including phenoxy) is 2. The molecule has 3 rings (SSSR count). The van der Waals surface area contributed by atoms with E-state index >= 15 is 0 Å². The second-order valence-corrected chi connectivity index (χ2v) is 7.28. The summed E-state index contributed by atoms with van der Waals surface area (Å²) >= 11 is 9.11. The minimum atomic E-state index is -0.515. The number of nitrogens with zero attached hydrogens (tertiary/aromatic N) is 2. The molecule has 0 aliphatic heterocycles. The number of alkyl halides is 1. The number of benzene rings is 2. The maximum Gasteiger partial charge on any atom is 0.248 e. The van der Waals surface area contributed by atoms with Gasteiger partial charge in [-0.15, -0.1) is 0 Å². The molecule has 2 aromatic carbocycles. The molecule has 0 spiro atoms. The molecular formula is C21H19BrClFN4O3. The lowest BCUT2D eigenvalue weighted by Gasteiger charge is -2.15. The summed E-state index contributed by atoms with van der Waals surface area (Å²) in [6.07, 6.45) is 4.49. The first kappa shape index (κ1) is 22.9. The molecule has 1 amide bonds. The van der Waals surface area contributed by atoms with E-state index in [0.29, 0.717) is 52.4 Å². The van der Waals surface area contributed by atoms with Gasteiger partial charge in [-0.3, -0.25) is 4.79 Å². The number of fused-ring (bicyclic) bond motifs is 1. The smallest absolute Gasteiger partial charge is 0.248 e. The normalized spacial score (nSPS) is 11.1. The Kier molecular flexibility index (Phi) is 8.16. The molecule has 0 atom stereocenters. The second-order valence-electron chi connectivity index (χ2n) is 6.23. The van der Waals surface area contributed by atoms with E-state index in [9.17, 15) is 9.18 Å². The third kappa shape index (κ3) is 6.13. The number of methoxy groups -OCH3 is 1. The van der Waals surface area contributed by atoms with E-state index in [2.05, 4.69) is 36.5 Å².